The Morgan fingerprint density at radius 3 is 2.52 bits per heavy atom. The van der Waals surface area contributed by atoms with E-state index in [1.54, 1.807) is 35.2 Å². The maximum Gasteiger partial charge on any atom is 0.292 e. The number of carbonyl (C=O) groups is 1. The Hall–Kier alpha value is -1.79. The van der Waals surface area contributed by atoms with Crippen molar-refractivity contribution < 1.29 is 19.0 Å². The predicted molar refractivity (Wildman–Crippen MR) is 94.3 cm³/mol. The van der Waals surface area contributed by atoms with Gasteiger partial charge in [0.2, 0.25) is 0 Å². The number of nitrogens with zero attached hydrogens (tertiary/aromatic N) is 1. The van der Waals surface area contributed by atoms with Gasteiger partial charge in [-0.05, 0) is 18.2 Å². The van der Waals surface area contributed by atoms with Crippen LogP contribution in [0, 0.1) is 0 Å². The van der Waals surface area contributed by atoms with Crippen LogP contribution in [0.5, 0.6) is 5.75 Å². The molecule has 1 amide bonds. The third kappa shape index (κ3) is 2.68. The Balaban J connectivity index is 1.58. The first-order chi connectivity index (χ1) is 12.1. The van der Waals surface area contributed by atoms with Gasteiger partial charge < -0.3 is 19.1 Å². The number of carbonyl (C=O) groups excluding carboxylic acids is 1. The van der Waals surface area contributed by atoms with Crippen LogP contribution in [0.2, 0.25) is 10.0 Å². The van der Waals surface area contributed by atoms with E-state index in [9.17, 15) is 4.79 Å². The van der Waals surface area contributed by atoms with Crippen molar-refractivity contribution in [2.45, 2.75) is 5.79 Å². The Kier molecular flexibility index (Phi) is 4.33. The van der Waals surface area contributed by atoms with E-state index in [0.717, 1.165) is 0 Å². The molecule has 0 N–H and O–H groups in total. The number of amides is 1. The summed E-state index contributed by atoms with van der Waals surface area (Å²) < 4.78 is 17.1. The van der Waals surface area contributed by atoms with Crippen molar-refractivity contribution in [1.82, 2.24) is 0 Å². The van der Waals surface area contributed by atoms with Crippen molar-refractivity contribution in [2.75, 3.05) is 31.3 Å². The van der Waals surface area contributed by atoms with Gasteiger partial charge in [-0.25, -0.2) is 0 Å². The molecule has 0 saturated carbocycles. The molecular weight excluding hydrogens is 365 g/mol. The van der Waals surface area contributed by atoms with Crippen LogP contribution in [0.4, 0.5) is 5.69 Å². The molecule has 0 radical (unpaired) electrons. The summed E-state index contributed by atoms with van der Waals surface area (Å²) in [6, 6.07) is 12.5. The lowest BCUT2D eigenvalue weighted by atomic mass is 10.1. The first-order valence-corrected chi connectivity index (χ1v) is 8.65. The fraction of sp³-hybridized carbons (Fsp3) is 0.278. The molecule has 2 heterocycles. The summed E-state index contributed by atoms with van der Waals surface area (Å²) in [4.78, 5) is 14.5. The largest absolute Gasteiger partial charge is 0.490 e. The zero-order valence-electron chi connectivity index (χ0n) is 13.2. The Morgan fingerprint density at radius 2 is 1.76 bits per heavy atom. The summed E-state index contributed by atoms with van der Waals surface area (Å²) in [5, 5.41) is 0.993. The highest BCUT2D eigenvalue weighted by molar-refractivity contribution is 6.35. The molecule has 0 bridgehead atoms. The fourth-order valence-electron chi connectivity index (χ4n) is 3.16. The minimum Gasteiger partial charge on any atom is -0.490 e. The maximum atomic E-state index is 13.0. The van der Waals surface area contributed by atoms with Gasteiger partial charge in [0, 0.05) is 5.56 Å². The number of para-hydroxylation sites is 2. The van der Waals surface area contributed by atoms with Gasteiger partial charge in [-0.1, -0.05) is 47.5 Å². The van der Waals surface area contributed by atoms with Gasteiger partial charge in [-0.2, -0.15) is 0 Å². The molecule has 0 aliphatic carbocycles. The number of halogens is 2. The SMILES string of the molecule is O=C1N(CCOc2ccccc2Cl)c2c(Cl)cccc2C12OCCO2. The van der Waals surface area contributed by atoms with Crippen LogP contribution in [0.25, 0.3) is 0 Å². The summed E-state index contributed by atoms with van der Waals surface area (Å²) >= 11 is 12.4. The number of hydrogen-bond donors (Lipinski definition) is 0. The second-order valence-corrected chi connectivity index (χ2v) is 6.50. The van der Waals surface area contributed by atoms with Crippen molar-refractivity contribution >= 4 is 34.8 Å². The molecule has 1 saturated heterocycles. The predicted octanol–water partition coefficient (Wildman–Crippen LogP) is 3.62. The number of fused-ring (bicyclic) bond motifs is 2. The van der Waals surface area contributed by atoms with Gasteiger partial charge in [0.15, 0.2) is 0 Å². The highest BCUT2D eigenvalue weighted by Gasteiger charge is 2.56. The zero-order valence-corrected chi connectivity index (χ0v) is 14.7. The molecule has 2 aromatic rings. The zero-order chi connectivity index (χ0) is 17.4. The van der Waals surface area contributed by atoms with E-state index < -0.39 is 5.79 Å². The van der Waals surface area contributed by atoms with E-state index in [1.165, 1.54) is 0 Å². The number of anilines is 1. The smallest absolute Gasteiger partial charge is 0.292 e. The molecule has 1 fully saturated rings. The molecule has 0 aromatic heterocycles. The van der Waals surface area contributed by atoms with Crippen molar-refractivity contribution in [3.05, 3.63) is 58.1 Å². The van der Waals surface area contributed by atoms with Crippen LogP contribution in [-0.2, 0) is 20.1 Å². The first-order valence-electron chi connectivity index (χ1n) is 7.90. The summed E-state index contributed by atoms with van der Waals surface area (Å²) in [5.74, 6) is -1.10. The van der Waals surface area contributed by atoms with E-state index in [1.807, 2.05) is 12.1 Å². The third-order valence-corrected chi connectivity index (χ3v) is 4.86. The molecule has 2 aliphatic heterocycles. The van der Waals surface area contributed by atoms with Crippen LogP contribution in [-0.4, -0.2) is 32.3 Å². The van der Waals surface area contributed by atoms with Crippen molar-refractivity contribution in [3.8, 4) is 5.75 Å². The molecule has 0 atom stereocenters. The summed E-state index contributed by atoms with van der Waals surface area (Å²) in [5.41, 5.74) is 1.25. The molecule has 130 valence electrons. The van der Waals surface area contributed by atoms with E-state index in [2.05, 4.69) is 0 Å². The minimum atomic E-state index is -1.38. The van der Waals surface area contributed by atoms with E-state index >= 15 is 0 Å². The Morgan fingerprint density at radius 1 is 1.04 bits per heavy atom. The van der Waals surface area contributed by atoms with Gasteiger partial charge in [-0.3, -0.25) is 4.79 Å². The van der Waals surface area contributed by atoms with Gasteiger partial charge in [0.1, 0.15) is 12.4 Å². The molecule has 2 aliphatic rings. The van der Waals surface area contributed by atoms with Gasteiger partial charge >= 0.3 is 0 Å². The fourth-order valence-corrected chi connectivity index (χ4v) is 3.63. The maximum absolute atomic E-state index is 13.0. The van der Waals surface area contributed by atoms with Gasteiger partial charge in [-0.15, -0.1) is 0 Å². The molecular formula is C18H15Cl2NO4. The topological polar surface area (TPSA) is 48.0 Å². The highest BCUT2D eigenvalue weighted by atomic mass is 35.5. The lowest BCUT2D eigenvalue weighted by Gasteiger charge is -2.22. The van der Waals surface area contributed by atoms with E-state index in [-0.39, 0.29) is 12.5 Å². The monoisotopic (exact) mass is 379 g/mol. The molecule has 1 spiro atoms. The first kappa shape index (κ1) is 16.7. The third-order valence-electron chi connectivity index (χ3n) is 4.24. The average Bonchev–Trinajstić information content (AvgIpc) is 3.18. The molecule has 25 heavy (non-hydrogen) atoms. The number of ether oxygens (including phenoxy) is 3. The summed E-state index contributed by atoms with van der Waals surface area (Å²) in [6.45, 7) is 1.29. The molecule has 5 nitrogen and oxygen atoms in total. The Bertz CT molecular complexity index is 820. The van der Waals surface area contributed by atoms with Crippen LogP contribution < -0.4 is 9.64 Å². The minimum absolute atomic E-state index is 0.260. The second-order valence-electron chi connectivity index (χ2n) is 5.69. The second kappa shape index (κ2) is 6.50. The van der Waals surface area contributed by atoms with E-state index in [4.69, 9.17) is 37.4 Å². The number of rotatable bonds is 4. The standard InChI is InChI=1S/C18H15Cl2NO4/c19-13-5-1-2-7-15(13)23-9-8-21-16-12(4-3-6-14(16)20)18(17(21)22)24-10-11-25-18/h1-7H,8-11H2. The number of benzene rings is 2. The van der Waals surface area contributed by atoms with Crippen molar-refractivity contribution in [2.24, 2.45) is 0 Å². The van der Waals surface area contributed by atoms with Crippen molar-refractivity contribution in [3.63, 3.8) is 0 Å². The lowest BCUT2D eigenvalue weighted by Crippen LogP contribution is -2.42. The van der Waals surface area contributed by atoms with Crippen LogP contribution in [0.15, 0.2) is 42.5 Å². The Labute approximate surface area is 155 Å². The molecule has 4 rings (SSSR count). The van der Waals surface area contributed by atoms with Crippen LogP contribution in [0.3, 0.4) is 0 Å². The average molecular weight is 380 g/mol. The van der Waals surface area contributed by atoms with Crippen molar-refractivity contribution in [1.29, 1.82) is 0 Å². The summed E-state index contributed by atoms with van der Waals surface area (Å²) in [6.07, 6.45) is 0. The van der Waals surface area contributed by atoms with Gasteiger partial charge in [0.25, 0.3) is 11.7 Å². The van der Waals surface area contributed by atoms with Crippen LogP contribution in [0.1, 0.15) is 5.56 Å². The van der Waals surface area contributed by atoms with E-state index in [0.29, 0.717) is 46.8 Å². The van der Waals surface area contributed by atoms with Gasteiger partial charge in [0.05, 0.1) is 35.5 Å². The number of hydrogen-bond acceptors (Lipinski definition) is 4. The quantitative estimate of drug-likeness (QED) is 0.813. The highest BCUT2D eigenvalue weighted by Crippen LogP contribution is 2.48. The lowest BCUT2D eigenvalue weighted by molar-refractivity contribution is -0.180. The van der Waals surface area contributed by atoms with Crippen LogP contribution >= 0.6 is 23.2 Å². The normalized spacial score (nSPS) is 18.0. The molecule has 7 heteroatoms. The molecule has 2 aromatic carbocycles. The summed E-state index contributed by atoms with van der Waals surface area (Å²) in [7, 11) is 0. The molecule has 0 unspecified atom stereocenters.